The number of benzene rings is 1. The zero-order valence-corrected chi connectivity index (χ0v) is 12.4. The monoisotopic (exact) mass is 282 g/mol. The molecule has 0 atom stereocenters. The molecule has 20 heavy (non-hydrogen) atoms. The molecule has 0 saturated heterocycles. The number of halogens is 2. The van der Waals surface area contributed by atoms with Gasteiger partial charge in [0.15, 0.2) is 11.6 Å². The minimum atomic E-state index is -0.825. The van der Waals surface area contributed by atoms with E-state index in [1.165, 1.54) is 6.42 Å². The van der Waals surface area contributed by atoms with Gasteiger partial charge in [0.1, 0.15) is 0 Å². The standard InChI is InChI=1S/C17H24F2O/c1-3-11-20-15-10-9-14(16(18)17(15)19)13-7-5-12(4-2)6-8-13/h9-10,12-13H,3-8,11H2,1-2H3. The Morgan fingerprint density at radius 3 is 2.35 bits per heavy atom. The number of ether oxygens (including phenoxy) is 1. The zero-order valence-electron chi connectivity index (χ0n) is 12.4. The number of hydrogen-bond acceptors (Lipinski definition) is 1. The van der Waals surface area contributed by atoms with Gasteiger partial charge in [0.05, 0.1) is 6.61 Å². The molecule has 0 aliphatic heterocycles. The molecule has 112 valence electrons. The first-order valence-corrected chi connectivity index (χ1v) is 7.78. The third-order valence-corrected chi connectivity index (χ3v) is 4.40. The van der Waals surface area contributed by atoms with E-state index in [9.17, 15) is 8.78 Å². The summed E-state index contributed by atoms with van der Waals surface area (Å²) in [6.45, 7) is 4.55. The first-order valence-electron chi connectivity index (χ1n) is 7.78. The second-order valence-corrected chi connectivity index (χ2v) is 5.76. The van der Waals surface area contributed by atoms with E-state index in [1.807, 2.05) is 6.92 Å². The van der Waals surface area contributed by atoms with Crippen LogP contribution >= 0.6 is 0 Å². The van der Waals surface area contributed by atoms with Gasteiger partial charge in [-0.3, -0.25) is 0 Å². The topological polar surface area (TPSA) is 9.23 Å². The summed E-state index contributed by atoms with van der Waals surface area (Å²) in [6, 6.07) is 3.29. The molecule has 0 spiro atoms. The highest BCUT2D eigenvalue weighted by atomic mass is 19.2. The molecule has 1 fully saturated rings. The molecule has 0 radical (unpaired) electrons. The lowest BCUT2D eigenvalue weighted by molar-refractivity contribution is 0.289. The molecule has 1 aromatic rings. The second kappa shape index (κ2) is 7.05. The minimum Gasteiger partial charge on any atom is -0.490 e. The number of rotatable bonds is 5. The van der Waals surface area contributed by atoms with Crippen LogP contribution in [0.3, 0.4) is 0 Å². The average Bonchev–Trinajstić information content (AvgIpc) is 2.49. The Morgan fingerprint density at radius 1 is 1.05 bits per heavy atom. The maximum absolute atomic E-state index is 14.2. The van der Waals surface area contributed by atoms with Crippen LogP contribution in [-0.2, 0) is 0 Å². The summed E-state index contributed by atoms with van der Waals surface area (Å²) >= 11 is 0. The van der Waals surface area contributed by atoms with Crippen molar-refractivity contribution in [1.82, 2.24) is 0 Å². The van der Waals surface area contributed by atoms with Gasteiger partial charge in [-0.2, -0.15) is 4.39 Å². The molecular formula is C17H24F2O. The lowest BCUT2D eigenvalue weighted by Gasteiger charge is -2.28. The van der Waals surface area contributed by atoms with Gasteiger partial charge in [0, 0.05) is 0 Å². The molecular weight excluding hydrogens is 258 g/mol. The molecule has 0 bridgehead atoms. The van der Waals surface area contributed by atoms with Crippen LogP contribution in [-0.4, -0.2) is 6.61 Å². The van der Waals surface area contributed by atoms with Gasteiger partial charge >= 0.3 is 0 Å². The summed E-state index contributed by atoms with van der Waals surface area (Å²) in [5.41, 5.74) is 0.529. The minimum absolute atomic E-state index is 0.0374. The van der Waals surface area contributed by atoms with Crippen molar-refractivity contribution < 1.29 is 13.5 Å². The first kappa shape index (κ1) is 15.3. The van der Waals surface area contributed by atoms with E-state index in [0.29, 0.717) is 12.2 Å². The second-order valence-electron chi connectivity index (χ2n) is 5.76. The van der Waals surface area contributed by atoms with Crippen molar-refractivity contribution >= 4 is 0 Å². The van der Waals surface area contributed by atoms with Gasteiger partial charge < -0.3 is 4.74 Å². The predicted octanol–water partition coefficient (Wildman–Crippen LogP) is 5.44. The Bertz CT molecular complexity index is 437. The number of hydrogen-bond donors (Lipinski definition) is 0. The Kier molecular flexibility index (Phi) is 5.38. The highest BCUT2D eigenvalue weighted by Crippen LogP contribution is 2.39. The van der Waals surface area contributed by atoms with E-state index in [2.05, 4.69) is 6.92 Å². The van der Waals surface area contributed by atoms with Crippen molar-refractivity contribution in [2.45, 2.75) is 58.3 Å². The van der Waals surface area contributed by atoms with E-state index in [-0.39, 0.29) is 11.7 Å². The largest absolute Gasteiger partial charge is 0.490 e. The highest BCUT2D eigenvalue weighted by Gasteiger charge is 2.25. The van der Waals surface area contributed by atoms with Crippen LogP contribution in [0.15, 0.2) is 12.1 Å². The van der Waals surface area contributed by atoms with Crippen LogP contribution in [0.4, 0.5) is 8.78 Å². The van der Waals surface area contributed by atoms with E-state index in [4.69, 9.17) is 4.74 Å². The van der Waals surface area contributed by atoms with E-state index < -0.39 is 11.6 Å². The molecule has 1 nitrogen and oxygen atoms in total. The van der Waals surface area contributed by atoms with Crippen molar-refractivity contribution in [3.8, 4) is 5.75 Å². The normalized spacial score (nSPS) is 22.8. The molecule has 3 heteroatoms. The predicted molar refractivity (Wildman–Crippen MR) is 77.1 cm³/mol. The summed E-state index contributed by atoms with van der Waals surface area (Å²) in [4.78, 5) is 0. The molecule has 2 rings (SSSR count). The molecule has 1 aliphatic carbocycles. The smallest absolute Gasteiger partial charge is 0.200 e. The fraction of sp³-hybridized carbons (Fsp3) is 0.647. The zero-order chi connectivity index (χ0) is 14.5. The van der Waals surface area contributed by atoms with Crippen molar-refractivity contribution in [1.29, 1.82) is 0 Å². The van der Waals surface area contributed by atoms with Crippen LogP contribution in [0.1, 0.15) is 63.9 Å². The Labute approximate surface area is 120 Å². The summed E-state index contributed by atoms with van der Waals surface area (Å²) in [7, 11) is 0. The van der Waals surface area contributed by atoms with Crippen LogP contribution in [0.25, 0.3) is 0 Å². The van der Waals surface area contributed by atoms with Gasteiger partial charge in [-0.05, 0) is 55.6 Å². The van der Waals surface area contributed by atoms with Gasteiger partial charge in [-0.1, -0.05) is 26.3 Å². The van der Waals surface area contributed by atoms with E-state index >= 15 is 0 Å². The maximum Gasteiger partial charge on any atom is 0.200 e. The molecule has 1 saturated carbocycles. The third kappa shape index (κ3) is 3.31. The van der Waals surface area contributed by atoms with Gasteiger partial charge in [-0.15, -0.1) is 0 Å². The van der Waals surface area contributed by atoms with Gasteiger partial charge in [0.25, 0.3) is 0 Å². The molecule has 0 unspecified atom stereocenters. The molecule has 1 aromatic carbocycles. The Balaban J connectivity index is 2.11. The van der Waals surface area contributed by atoms with Crippen molar-refractivity contribution in [2.24, 2.45) is 5.92 Å². The summed E-state index contributed by atoms with van der Waals surface area (Å²) in [5.74, 6) is -0.582. The molecule has 0 aromatic heterocycles. The SMILES string of the molecule is CCCOc1ccc(C2CCC(CC)CC2)c(F)c1F. The molecule has 0 amide bonds. The van der Waals surface area contributed by atoms with Crippen LogP contribution in [0, 0.1) is 17.6 Å². The molecule has 1 aliphatic rings. The van der Waals surface area contributed by atoms with Crippen molar-refractivity contribution in [3.63, 3.8) is 0 Å². The van der Waals surface area contributed by atoms with Crippen LogP contribution in [0.2, 0.25) is 0 Å². The van der Waals surface area contributed by atoms with Crippen molar-refractivity contribution in [2.75, 3.05) is 6.61 Å². The van der Waals surface area contributed by atoms with E-state index in [1.54, 1.807) is 12.1 Å². The summed E-state index contributed by atoms with van der Waals surface area (Å²) in [6.07, 6.45) is 6.14. The van der Waals surface area contributed by atoms with E-state index in [0.717, 1.165) is 38.0 Å². The quantitative estimate of drug-likeness (QED) is 0.699. The average molecular weight is 282 g/mol. The fourth-order valence-corrected chi connectivity index (χ4v) is 3.07. The molecule has 0 heterocycles. The van der Waals surface area contributed by atoms with Gasteiger partial charge in [0.2, 0.25) is 5.82 Å². The Hall–Kier alpha value is -1.12. The Morgan fingerprint density at radius 2 is 1.75 bits per heavy atom. The van der Waals surface area contributed by atoms with Gasteiger partial charge in [-0.25, -0.2) is 4.39 Å². The summed E-state index contributed by atoms with van der Waals surface area (Å²) in [5, 5.41) is 0. The lowest BCUT2D eigenvalue weighted by Crippen LogP contribution is -2.14. The van der Waals surface area contributed by atoms with Crippen LogP contribution < -0.4 is 4.74 Å². The first-order chi connectivity index (χ1) is 9.67. The fourth-order valence-electron chi connectivity index (χ4n) is 3.07. The lowest BCUT2D eigenvalue weighted by atomic mass is 9.77. The summed E-state index contributed by atoms with van der Waals surface area (Å²) < 4.78 is 33.4. The molecule has 0 N–H and O–H groups in total. The van der Waals surface area contributed by atoms with Crippen LogP contribution in [0.5, 0.6) is 5.75 Å². The van der Waals surface area contributed by atoms with Crippen molar-refractivity contribution in [3.05, 3.63) is 29.3 Å². The highest BCUT2D eigenvalue weighted by molar-refractivity contribution is 5.33. The maximum atomic E-state index is 14.2. The third-order valence-electron chi connectivity index (χ3n) is 4.40.